The van der Waals surface area contributed by atoms with Crippen molar-refractivity contribution in [2.75, 3.05) is 0 Å². The minimum absolute atomic E-state index is 0.375. The number of nitrogens with zero attached hydrogens (tertiary/aromatic N) is 2. The Morgan fingerprint density at radius 1 is 1.41 bits per heavy atom. The SMILES string of the molecule is O=[N+]([O-])c1ncc(C(F)F)c(I)c1C(F)(F)F. The van der Waals surface area contributed by atoms with Crippen molar-refractivity contribution in [2.45, 2.75) is 12.6 Å². The average Bonchev–Trinajstić information content (AvgIpc) is 2.14. The van der Waals surface area contributed by atoms with Gasteiger partial charge in [-0.2, -0.15) is 13.2 Å². The largest absolute Gasteiger partial charge is 0.425 e. The number of nitro groups is 1. The van der Waals surface area contributed by atoms with Crippen molar-refractivity contribution < 1.29 is 26.9 Å². The number of halogens is 6. The van der Waals surface area contributed by atoms with Crippen LogP contribution >= 0.6 is 22.6 Å². The van der Waals surface area contributed by atoms with Gasteiger partial charge in [0.2, 0.25) is 0 Å². The first-order chi connectivity index (χ1) is 7.66. The maximum atomic E-state index is 12.5. The fraction of sp³-hybridized carbons (Fsp3) is 0.286. The molecule has 0 saturated heterocycles. The molecule has 94 valence electrons. The molecule has 4 nitrogen and oxygen atoms in total. The van der Waals surface area contributed by atoms with Gasteiger partial charge in [-0.05, 0) is 32.5 Å². The minimum atomic E-state index is -5.11. The highest BCUT2D eigenvalue weighted by atomic mass is 127. The lowest BCUT2D eigenvalue weighted by Crippen LogP contribution is -2.14. The van der Waals surface area contributed by atoms with Crippen LogP contribution in [0, 0.1) is 13.7 Å². The fourth-order valence-electron chi connectivity index (χ4n) is 1.04. The Kier molecular flexibility index (Phi) is 3.84. The number of alkyl halides is 5. The molecule has 17 heavy (non-hydrogen) atoms. The summed E-state index contributed by atoms with van der Waals surface area (Å²) in [5.74, 6) is -1.48. The molecule has 1 heterocycles. The summed E-state index contributed by atoms with van der Waals surface area (Å²) >= 11 is 0.996. The highest BCUT2D eigenvalue weighted by Crippen LogP contribution is 2.40. The quantitative estimate of drug-likeness (QED) is 0.347. The van der Waals surface area contributed by atoms with E-state index in [2.05, 4.69) is 4.98 Å². The molecule has 0 amide bonds. The summed E-state index contributed by atoms with van der Waals surface area (Å²) < 4.78 is 61.3. The Morgan fingerprint density at radius 2 is 1.94 bits per heavy atom. The predicted octanol–water partition coefficient (Wildman–Crippen LogP) is 3.55. The Labute approximate surface area is 104 Å². The van der Waals surface area contributed by atoms with Crippen LogP contribution in [-0.4, -0.2) is 9.91 Å². The molecule has 0 saturated carbocycles. The van der Waals surface area contributed by atoms with Crippen LogP contribution in [-0.2, 0) is 6.18 Å². The highest BCUT2D eigenvalue weighted by Gasteiger charge is 2.43. The Balaban J connectivity index is 3.60. The third-order valence-corrected chi connectivity index (χ3v) is 2.88. The molecule has 0 radical (unpaired) electrons. The van der Waals surface area contributed by atoms with Crippen molar-refractivity contribution in [1.29, 1.82) is 0 Å². The highest BCUT2D eigenvalue weighted by molar-refractivity contribution is 14.1. The van der Waals surface area contributed by atoms with Crippen molar-refractivity contribution in [3.05, 3.63) is 31.0 Å². The van der Waals surface area contributed by atoms with E-state index in [1.807, 2.05) is 0 Å². The van der Waals surface area contributed by atoms with E-state index in [4.69, 9.17) is 0 Å². The van der Waals surface area contributed by atoms with Crippen molar-refractivity contribution in [3.8, 4) is 0 Å². The summed E-state index contributed by atoms with van der Waals surface area (Å²) in [5.41, 5.74) is -2.73. The van der Waals surface area contributed by atoms with E-state index in [1.54, 1.807) is 0 Å². The lowest BCUT2D eigenvalue weighted by Gasteiger charge is -2.11. The fourth-order valence-corrected chi connectivity index (χ4v) is 1.96. The second-order valence-electron chi connectivity index (χ2n) is 2.78. The monoisotopic (exact) mass is 368 g/mol. The zero-order valence-corrected chi connectivity index (χ0v) is 9.79. The Bertz CT molecular complexity index is 462. The van der Waals surface area contributed by atoms with E-state index < -0.39 is 38.0 Å². The zero-order chi connectivity index (χ0) is 13.4. The molecule has 0 N–H and O–H groups in total. The maximum absolute atomic E-state index is 12.5. The van der Waals surface area contributed by atoms with Gasteiger partial charge >= 0.3 is 12.0 Å². The number of hydrogen-bond acceptors (Lipinski definition) is 3. The van der Waals surface area contributed by atoms with E-state index >= 15 is 0 Å². The summed E-state index contributed by atoms with van der Waals surface area (Å²) in [7, 11) is 0. The van der Waals surface area contributed by atoms with Crippen LogP contribution in [0.25, 0.3) is 0 Å². The maximum Gasteiger partial charge on any atom is 0.425 e. The molecule has 0 aliphatic carbocycles. The molecule has 1 aromatic heterocycles. The van der Waals surface area contributed by atoms with Gasteiger partial charge in [-0.1, -0.05) is 0 Å². The minimum Gasteiger partial charge on any atom is -0.358 e. The summed E-state index contributed by atoms with van der Waals surface area (Å²) in [4.78, 5) is 11.8. The van der Waals surface area contributed by atoms with Crippen molar-refractivity contribution >= 4 is 28.4 Å². The first kappa shape index (κ1) is 14.0. The van der Waals surface area contributed by atoms with Gasteiger partial charge in [-0.15, -0.1) is 0 Å². The lowest BCUT2D eigenvalue weighted by molar-refractivity contribution is -0.392. The van der Waals surface area contributed by atoms with E-state index in [1.165, 1.54) is 0 Å². The number of hydrogen-bond donors (Lipinski definition) is 0. The summed E-state index contributed by atoms with van der Waals surface area (Å²) in [5, 5.41) is 10.4. The summed E-state index contributed by atoms with van der Waals surface area (Å²) in [6.07, 6.45) is -7.92. The number of rotatable bonds is 2. The Morgan fingerprint density at radius 3 is 2.29 bits per heavy atom. The van der Waals surface area contributed by atoms with Gasteiger partial charge in [-0.25, -0.2) is 8.78 Å². The van der Waals surface area contributed by atoms with Gasteiger partial charge in [0.15, 0.2) is 5.56 Å². The van der Waals surface area contributed by atoms with Crippen molar-refractivity contribution in [1.82, 2.24) is 4.98 Å². The number of aromatic nitrogens is 1. The van der Waals surface area contributed by atoms with E-state index in [0.717, 1.165) is 22.6 Å². The smallest absolute Gasteiger partial charge is 0.358 e. The van der Waals surface area contributed by atoms with Crippen LogP contribution in [0.5, 0.6) is 0 Å². The topological polar surface area (TPSA) is 56.0 Å². The van der Waals surface area contributed by atoms with Crippen molar-refractivity contribution in [3.63, 3.8) is 0 Å². The molecule has 1 aromatic rings. The third kappa shape index (κ3) is 2.79. The predicted molar refractivity (Wildman–Crippen MR) is 53.6 cm³/mol. The van der Waals surface area contributed by atoms with Crippen LogP contribution in [0.15, 0.2) is 6.20 Å². The van der Waals surface area contributed by atoms with Gasteiger partial charge in [0.1, 0.15) is 6.20 Å². The van der Waals surface area contributed by atoms with Crippen LogP contribution < -0.4 is 0 Å². The molecule has 0 bridgehead atoms. The van der Waals surface area contributed by atoms with Gasteiger partial charge in [0.25, 0.3) is 6.43 Å². The lowest BCUT2D eigenvalue weighted by atomic mass is 10.2. The molecule has 0 aromatic carbocycles. The van der Waals surface area contributed by atoms with E-state index in [-0.39, 0.29) is 0 Å². The molecule has 1 rings (SSSR count). The van der Waals surface area contributed by atoms with Crippen LogP contribution in [0.3, 0.4) is 0 Å². The van der Waals surface area contributed by atoms with E-state index in [0.29, 0.717) is 6.20 Å². The Hall–Kier alpha value is -1.07. The molecule has 10 heteroatoms. The molecule has 0 spiro atoms. The molecule has 0 atom stereocenters. The van der Waals surface area contributed by atoms with Crippen LogP contribution in [0.4, 0.5) is 27.8 Å². The second kappa shape index (κ2) is 4.66. The van der Waals surface area contributed by atoms with E-state index in [9.17, 15) is 32.1 Å². The zero-order valence-electron chi connectivity index (χ0n) is 7.63. The van der Waals surface area contributed by atoms with Crippen molar-refractivity contribution in [2.24, 2.45) is 0 Å². The molecule has 0 aliphatic heterocycles. The number of pyridine rings is 1. The molecule has 0 unspecified atom stereocenters. The van der Waals surface area contributed by atoms with Gasteiger partial charge in [0, 0.05) is 3.57 Å². The van der Waals surface area contributed by atoms with Gasteiger partial charge in [-0.3, -0.25) is 0 Å². The molecular weight excluding hydrogens is 366 g/mol. The second-order valence-corrected chi connectivity index (χ2v) is 3.86. The molecule has 0 fully saturated rings. The first-order valence-corrected chi connectivity index (χ1v) is 4.92. The van der Waals surface area contributed by atoms with Gasteiger partial charge in [0.05, 0.1) is 5.56 Å². The normalized spacial score (nSPS) is 11.9. The first-order valence-electron chi connectivity index (χ1n) is 3.84. The molecular formula is C7H2F5IN2O2. The summed E-state index contributed by atoms with van der Waals surface area (Å²) in [6.45, 7) is 0. The third-order valence-electron chi connectivity index (χ3n) is 1.71. The average molecular weight is 368 g/mol. The van der Waals surface area contributed by atoms with Gasteiger partial charge < -0.3 is 10.1 Å². The van der Waals surface area contributed by atoms with Crippen LogP contribution in [0.1, 0.15) is 17.6 Å². The standard InChI is InChI=1S/C7H2F5IN2O2/c8-5(9)2-1-14-6(15(16)17)3(4(2)13)7(10,11)12/h1,5H. The van der Waals surface area contributed by atoms with Crippen LogP contribution in [0.2, 0.25) is 0 Å². The molecule has 0 aliphatic rings. The summed E-state index contributed by atoms with van der Waals surface area (Å²) in [6, 6.07) is 0.